The van der Waals surface area contributed by atoms with Crippen LogP contribution in [0.25, 0.3) is 0 Å². The minimum atomic E-state index is 0.138. The zero-order valence-electron chi connectivity index (χ0n) is 11.6. The lowest BCUT2D eigenvalue weighted by atomic mass is 9.95. The van der Waals surface area contributed by atoms with E-state index in [9.17, 15) is 4.79 Å². The number of hydrogen-bond acceptors (Lipinski definition) is 2. The second kappa shape index (κ2) is 4.37. The second-order valence-corrected chi connectivity index (χ2v) is 6.67. The highest BCUT2D eigenvalue weighted by atomic mass is 79.9. The molecule has 1 atom stereocenters. The van der Waals surface area contributed by atoms with Crippen LogP contribution in [0.3, 0.4) is 0 Å². The van der Waals surface area contributed by atoms with Crippen LogP contribution in [-0.2, 0) is 0 Å². The fourth-order valence-electron chi connectivity index (χ4n) is 2.50. The summed E-state index contributed by atoms with van der Waals surface area (Å²) in [5, 5.41) is 0. The van der Waals surface area contributed by atoms with E-state index in [2.05, 4.69) is 29.8 Å². The molecule has 18 heavy (non-hydrogen) atoms. The average molecular weight is 311 g/mol. The molecule has 1 aromatic carbocycles. The molecular formula is C15H19BrO2. The Hall–Kier alpha value is -0.830. The van der Waals surface area contributed by atoms with E-state index < -0.39 is 0 Å². The van der Waals surface area contributed by atoms with Gasteiger partial charge in [-0.3, -0.25) is 4.79 Å². The fraction of sp³-hybridized carbons (Fsp3) is 0.533. The SMILES string of the molecule is COc1c(C)cc(Br)c(C)c1C(=O)C1CC1(C)C. The van der Waals surface area contributed by atoms with Crippen LogP contribution in [0.4, 0.5) is 0 Å². The van der Waals surface area contributed by atoms with Gasteiger partial charge in [-0.2, -0.15) is 0 Å². The summed E-state index contributed by atoms with van der Waals surface area (Å²) in [6, 6.07) is 2.00. The van der Waals surface area contributed by atoms with Crippen LogP contribution in [0.15, 0.2) is 10.5 Å². The summed E-state index contributed by atoms with van der Waals surface area (Å²) in [7, 11) is 1.63. The molecule has 1 fully saturated rings. The summed E-state index contributed by atoms with van der Waals surface area (Å²) in [6.45, 7) is 8.22. The van der Waals surface area contributed by atoms with Gasteiger partial charge in [-0.1, -0.05) is 29.8 Å². The third kappa shape index (κ3) is 2.09. The van der Waals surface area contributed by atoms with E-state index in [1.54, 1.807) is 7.11 Å². The van der Waals surface area contributed by atoms with Crippen molar-refractivity contribution in [2.24, 2.45) is 11.3 Å². The highest BCUT2D eigenvalue weighted by Crippen LogP contribution is 2.54. The molecule has 0 radical (unpaired) electrons. The van der Waals surface area contributed by atoms with E-state index >= 15 is 0 Å². The van der Waals surface area contributed by atoms with Gasteiger partial charge in [-0.25, -0.2) is 0 Å². The van der Waals surface area contributed by atoms with Gasteiger partial charge in [0.25, 0.3) is 0 Å². The zero-order chi connectivity index (χ0) is 13.7. The molecule has 1 saturated carbocycles. The number of carbonyl (C=O) groups is 1. The predicted molar refractivity (Wildman–Crippen MR) is 76.4 cm³/mol. The summed E-state index contributed by atoms with van der Waals surface area (Å²) in [5.74, 6) is 1.08. The van der Waals surface area contributed by atoms with Gasteiger partial charge in [0.15, 0.2) is 5.78 Å². The van der Waals surface area contributed by atoms with Gasteiger partial charge in [0.2, 0.25) is 0 Å². The van der Waals surface area contributed by atoms with Gasteiger partial charge in [-0.15, -0.1) is 0 Å². The van der Waals surface area contributed by atoms with E-state index in [0.717, 1.165) is 33.3 Å². The molecule has 0 amide bonds. The molecular weight excluding hydrogens is 292 g/mol. The summed E-state index contributed by atoms with van der Waals surface area (Å²) in [5.41, 5.74) is 2.87. The molecule has 0 N–H and O–H groups in total. The Labute approximate surface area is 117 Å². The van der Waals surface area contributed by atoms with Crippen molar-refractivity contribution in [2.75, 3.05) is 7.11 Å². The summed E-state index contributed by atoms with van der Waals surface area (Å²) in [6.07, 6.45) is 0.972. The van der Waals surface area contributed by atoms with E-state index in [-0.39, 0.29) is 17.1 Å². The van der Waals surface area contributed by atoms with E-state index in [1.807, 2.05) is 19.9 Å². The Morgan fingerprint density at radius 3 is 2.44 bits per heavy atom. The van der Waals surface area contributed by atoms with Crippen LogP contribution in [-0.4, -0.2) is 12.9 Å². The van der Waals surface area contributed by atoms with Gasteiger partial charge in [0, 0.05) is 10.4 Å². The molecule has 0 aromatic heterocycles. The second-order valence-electron chi connectivity index (χ2n) is 5.82. The maximum absolute atomic E-state index is 12.6. The van der Waals surface area contributed by atoms with E-state index in [1.165, 1.54) is 0 Å². The minimum Gasteiger partial charge on any atom is -0.496 e. The Kier molecular flexibility index (Phi) is 3.30. The molecule has 0 heterocycles. The Morgan fingerprint density at radius 1 is 1.44 bits per heavy atom. The molecule has 0 bridgehead atoms. The van der Waals surface area contributed by atoms with Crippen molar-refractivity contribution in [1.29, 1.82) is 0 Å². The van der Waals surface area contributed by atoms with Crippen molar-refractivity contribution in [1.82, 2.24) is 0 Å². The highest BCUT2D eigenvalue weighted by molar-refractivity contribution is 9.10. The number of carbonyl (C=O) groups excluding carboxylic acids is 1. The number of ether oxygens (including phenoxy) is 1. The van der Waals surface area contributed by atoms with Gasteiger partial charge in [0.1, 0.15) is 5.75 Å². The molecule has 1 aliphatic carbocycles. The Bertz CT molecular complexity index is 518. The summed E-state index contributed by atoms with van der Waals surface area (Å²) < 4.78 is 6.41. The Balaban J connectivity index is 2.53. The molecule has 0 aliphatic heterocycles. The van der Waals surface area contributed by atoms with Crippen molar-refractivity contribution in [3.8, 4) is 5.75 Å². The standard InChI is InChI=1S/C15H19BrO2/c1-8-6-11(16)9(2)12(14(8)18-5)13(17)10-7-15(10,3)4/h6,10H,7H2,1-5H3. The lowest BCUT2D eigenvalue weighted by molar-refractivity contribution is 0.0949. The molecule has 1 aliphatic rings. The van der Waals surface area contributed by atoms with Gasteiger partial charge in [0.05, 0.1) is 12.7 Å². The summed E-state index contributed by atoms with van der Waals surface area (Å²) >= 11 is 3.52. The normalized spacial score (nSPS) is 20.7. The topological polar surface area (TPSA) is 26.3 Å². The number of Topliss-reactive ketones (excluding diaryl/α,β-unsaturated/α-hetero) is 1. The molecule has 2 rings (SSSR count). The Morgan fingerprint density at radius 2 is 2.00 bits per heavy atom. The number of methoxy groups -OCH3 is 1. The molecule has 0 spiro atoms. The van der Waals surface area contributed by atoms with Crippen molar-refractivity contribution in [3.63, 3.8) is 0 Å². The molecule has 2 nitrogen and oxygen atoms in total. The van der Waals surface area contributed by atoms with Crippen LogP contribution in [0.1, 0.15) is 41.8 Å². The lowest BCUT2D eigenvalue weighted by Crippen LogP contribution is -2.11. The van der Waals surface area contributed by atoms with Crippen molar-refractivity contribution in [3.05, 3.63) is 27.2 Å². The smallest absolute Gasteiger partial charge is 0.170 e. The number of hydrogen-bond donors (Lipinski definition) is 0. The largest absolute Gasteiger partial charge is 0.496 e. The number of aryl methyl sites for hydroxylation is 1. The first-order valence-electron chi connectivity index (χ1n) is 6.17. The van der Waals surface area contributed by atoms with Crippen LogP contribution in [0, 0.1) is 25.2 Å². The third-order valence-electron chi connectivity index (χ3n) is 3.94. The van der Waals surface area contributed by atoms with E-state index in [0.29, 0.717) is 0 Å². The molecule has 1 unspecified atom stereocenters. The monoisotopic (exact) mass is 310 g/mol. The molecule has 3 heteroatoms. The lowest BCUT2D eigenvalue weighted by Gasteiger charge is -2.15. The zero-order valence-corrected chi connectivity index (χ0v) is 13.1. The van der Waals surface area contributed by atoms with Crippen LogP contribution in [0.2, 0.25) is 0 Å². The fourth-order valence-corrected chi connectivity index (χ4v) is 3.04. The van der Waals surface area contributed by atoms with Crippen molar-refractivity contribution >= 4 is 21.7 Å². The van der Waals surface area contributed by atoms with Crippen molar-refractivity contribution < 1.29 is 9.53 Å². The average Bonchev–Trinajstić information content (AvgIpc) is 2.91. The first kappa shape index (κ1) is 13.6. The first-order valence-corrected chi connectivity index (χ1v) is 6.96. The van der Waals surface area contributed by atoms with Crippen molar-refractivity contribution in [2.45, 2.75) is 34.1 Å². The van der Waals surface area contributed by atoms with Gasteiger partial charge < -0.3 is 4.74 Å². The van der Waals surface area contributed by atoms with E-state index in [4.69, 9.17) is 4.74 Å². The number of halogens is 1. The first-order chi connectivity index (χ1) is 8.29. The number of rotatable bonds is 3. The predicted octanol–water partition coefficient (Wildman–Crippen LogP) is 4.30. The maximum Gasteiger partial charge on any atom is 0.170 e. The van der Waals surface area contributed by atoms with Gasteiger partial charge in [-0.05, 0) is 42.9 Å². The van der Waals surface area contributed by atoms with Gasteiger partial charge >= 0.3 is 0 Å². The van der Waals surface area contributed by atoms with Crippen LogP contribution >= 0.6 is 15.9 Å². The minimum absolute atomic E-state index is 0.138. The molecule has 98 valence electrons. The summed E-state index contributed by atoms with van der Waals surface area (Å²) in [4.78, 5) is 12.6. The van der Waals surface area contributed by atoms with Crippen LogP contribution < -0.4 is 4.74 Å². The third-order valence-corrected chi connectivity index (χ3v) is 4.77. The van der Waals surface area contributed by atoms with Crippen LogP contribution in [0.5, 0.6) is 5.75 Å². The highest BCUT2D eigenvalue weighted by Gasteiger charge is 2.51. The quantitative estimate of drug-likeness (QED) is 0.778. The number of ketones is 1. The molecule has 1 aromatic rings. The molecule has 0 saturated heterocycles. The maximum atomic E-state index is 12.6. The number of benzene rings is 1.